The number of benzene rings is 2. The zero-order valence-corrected chi connectivity index (χ0v) is 13.1. The normalized spacial score (nSPS) is 10.1. The van der Waals surface area contributed by atoms with E-state index in [2.05, 4.69) is 6.07 Å². The van der Waals surface area contributed by atoms with Gasteiger partial charge in [-0.1, -0.05) is 24.3 Å². The van der Waals surface area contributed by atoms with Gasteiger partial charge in [0, 0.05) is 19.5 Å². The lowest BCUT2D eigenvalue weighted by atomic mass is 10.1. The number of hydrogen-bond acceptors (Lipinski definition) is 2. The maximum absolute atomic E-state index is 13.2. The van der Waals surface area contributed by atoms with Gasteiger partial charge in [0.2, 0.25) is 5.91 Å². The summed E-state index contributed by atoms with van der Waals surface area (Å²) in [7, 11) is 0. The number of carbonyl (C=O) groups excluding carboxylic acids is 1. The van der Waals surface area contributed by atoms with Crippen LogP contribution in [-0.2, 0) is 17.8 Å². The van der Waals surface area contributed by atoms with Crippen molar-refractivity contribution in [2.45, 2.75) is 26.3 Å². The first kappa shape index (κ1) is 16.7. The van der Waals surface area contributed by atoms with Gasteiger partial charge in [-0.05, 0) is 48.7 Å². The third-order valence-corrected chi connectivity index (χ3v) is 3.71. The summed E-state index contributed by atoms with van der Waals surface area (Å²) in [6, 6.07) is 15.6. The van der Waals surface area contributed by atoms with Crippen LogP contribution in [0.2, 0.25) is 0 Å². The molecular formula is C19H19FN2O. The van der Waals surface area contributed by atoms with Gasteiger partial charge in [-0.2, -0.15) is 5.26 Å². The highest BCUT2D eigenvalue weighted by Gasteiger charge is 2.12. The topological polar surface area (TPSA) is 44.1 Å². The van der Waals surface area contributed by atoms with Crippen LogP contribution in [0.15, 0.2) is 48.5 Å². The van der Waals surface area contributed by atoms with Crippen LogP contribution in [0.1, 0.15) is 30.0 Å². The Morgan fingerprint density at radius 1 is 1.17 bits per heavy atom. The number of rotatable bonds is 6. The average molecular weight is 310 g/mol. The van der Waals surface area contributed by atoms with E-state index in [1.807, 2.05) is 25.1 Å². The summed E-state index contributed by atoms with van der Waals surface area (Å²) in [6.45, 7) is 2.92. The van der Waals surface area contributed by atoms with Crippen LogP contribution in [-0.4, -0.2) is 17.4 Å². The Morgan fingerprint density at radius 2 is 1.91 bits per heavy atom. The average Bonchev–Trinajstić information content (AvgIpc) is 2.58. The SMILES string of the molecule is CCN(Cc1cccc(F)c1)C(=O)CCc1ccc(C#N)cc1. The maximum Gasteiger partial charge on any atom is 0.223 e. The molecule has 0 N–H and O–H groups in total. The number of amides is 1. The van der Waals surface area contributed by atoms with Crippen LogP contribution in [0.25, 0.3) is 0 Å². The second kappa shape index (κ2) is 8.09. The Kier molecular flexibility index (Phi) is 5.87. The molecule has 3 nitrogen and oxygen atoms in total. The van der Waals surface area contributed by atoms with E-state index in [0.717, 1.165) is 11.1 Å². The molecule has 0 radical (unpaired) electrons. The lowest BCUT2D eigenvalue weighted by Crippen LogP contribution is -2.30. The molecule has 0 aliphatic heterocycles. The minimum absolute atomic E-state index is 0.0427. The molecule has 23 heavy (non-hydrogen) atoms. The summed E-state index contributed by atoms with van der Waals surface area (Å²) in [4.78, 5) is 14.1. The van der Waals surface area contributed by atoms with Crippen LogP contribution in [0, 0.1) is 17.1 Å². The zero-order chi connectivity index (χ0) is 16.7. The van der Waals surface area contributed by atoms with Gasteiger partial charge in [-0.15, -0.1) is 0 Å². The summed E-state index contributed by atoms with van der Waals surface area (Å²) >= 11 is 0. The summed E-state index contributed by atoms with van der Waals surface area (Å²) in [5.41, 5.74) is 2.43. The van der Waals surface area contributed by atoms with Crippen molar-refractivity contribution in [3.63, 3.8) is 0 Å². The number of aryl methyl sites for hydroxylation is 1. The molecule has 4 heteroatoms. The minimum atomic E-state index is -0.288. The zero-order valence-electron chi connectivity index (χ0n) is 13.1. The molecule has 2 aromatic carbocycles. The smallest absolute Gasteiger partial charge is 0.223 e. The first-order valence-corrected chi connectivity index (χ1v) is 7.63. The van der Waals surface area contributed by atoms with Crippen molar-refractivity contribution in [3.05, 3.63) is 71.0 Å². The fourth-order valence-corrected chi connectivity index (χ4v) is 2.39. The Hall–Kier alpha value is -2.67. The lowest BCUT2D eigenvalue weighted by Gasteiger charge is -2.21. The molecule has 0 saturated carbocycles. The summed E-state index contributed by atoms with van der Waals surface area (Å²) in [5.74, 6) is -0.246. The highest BCUT2D eigenvalue weighted by molar-refractivity contribution is 5.76. The van der Waals surface area contributed by atoms with E-state index in [1.54, 1.807) is 23.1 Å². The van der Waals surface area contributed by atoms with Gasteiger partial charge in [-0.3, -0.25) is 4.79 Å². The van der Waals surface area contributed by atoms with Crippen molar-refractivity contribution in [2.24, 2.45) is 0 Å². The van der Waals surface area contributed by atoms with Crippen LogP contribution in [0.3, 0.4) is 0 Å². The van der Waals surface area contributed by atoms with E-state index in [1.165, 1.54) is 12.1 Å². The third-order valence-electron chi connectivity index (χ3n) is 3.71. The number of carbonyl (C=O) groups is 1. The second-order valence-electron chi connectivity index (χ2n) is 5.35. The van der Waals surface area contributed by atoms with Gasteiger partial charge in [-0.25, -0.2) is 4.39 Å². The number of hydrogen-bond donors (Lipinski definition) is 0. The van der Waals surface area contributed by atoms with E-state index >= 15 is 0 Å². The van der Waals surface area contributed by atoms with Gasteiger partial charge in [0.15, 0.2) is 0 Å². The van der Waals surface area contributed by atoms with Crippen molar-refractivity contribution < 1.29 is 9.18 Å². The molecule has 0 saturated heterocycles. The monoisotopic (exact) mass is 310 g/mol. The number of nitriles is 1. The molecule has 0 aromatic heterocycles. The molecular weight excluding hydrogens is 291 g/mol. The second-order valence-corrected chi connectivity index (χ2v) is 5.35. The number of nitrogens with zero attached hydrogens (tertiary/aromatic N) is 2. The van der Waals surface area contributed by atoms with E-state index in [0.29, 0.717) is 31.5 Å². The highest BCUT2D eigenvalue weighted by Crippen LogP contribution is 2.11. The standard InChI is InChI=1S/C19H19FN2O/c1-2-22(14-17-4-3-5-18(20)12-17)19(23)11-10-15-6-8-16(13-21)9-7-15/h3-9,12H,2,10-11,14H2,1H3. The van der Waals surface area contributed by atoms with E-state index in [4.69, 9.17) is 5.26 Å². The Bertz CT molecular complexity index is 704. The molecule has 0 aliphatic rings. The molecule has 0 fully saturated rings. The van der Waals surface area contributed by atoms with Crippen LogP contribution in [0.4, 0.5) is 4.39 Å². The molecule has 2 aromatic rings. The quantitative estimate of drug-likeness (QED) is 0.817. The molecule has 118 valence electrons. The van der Waals surface area contributed by atoms with Crippen LogP contribution < -0.4 is 0 Å². The minimum Gasteiger partial charge on any atom is -0.339 e. The Balaban J connectivity index is 1.93. The van der Waals surface area contributed by atoms with Gasteiger partial charge < -0.3 is 4.90 Å². The predicted octanol–water partition coefficient (Wildman–Crippen LogP) is 3.68. The Morgan fingerprint density at radius 3 is 2.52 bits per heavy atom. The van der Waals surface area contributed by atoms with Crippen molar-refractivity contribution in [1.29, 1.82) is 5.26 Å². The van der Waals surface area contributed by atoms with Gasteiger partial charge in [0.25, 0.3) is 0 Å². The fraction of sp³-hybridized carbons (Fsp3) is 0.263. The Labute approximate surface area is 136 Å². The van der Waals surface area contributed by atoms with Gasteiger partial charge in [0.1, 0.15) is 5.82 Å². The van der Waals surface area contributed by atoms with Crippen LogP contribution >= 0.6 is 0 Å². The van der Waals surface area contributed by atoms with Gasteiger partial charge >= 0.3 is 0 Å². The van der Waals surface area contributed by atoms with Crippen molar-refractivity contribution in [2.75, 3.05) is 6.54 Å². The molecule has 0 heterocycles. The predicted molar refractivity (Wildman–Crippen MR) is 87.0 cm³/mol. The van der Waals surface area contributed by atoms with Gasteiger partial charge in [0.05, 0.1) is 11.6 Å². The third kappa shape index (κ3) is 4.93. The van der Waals surface area contributed by atoms with E-state index in [9.17, 15) is 9.18 Å². The first-order chi connectivity index (χ1) is 11.1. The van der Waals surface area contributed by atoms with E-state index in [-0.39, 0.29) is 11.7 Å². The maximum atomic E-state index is 13.2. The largest absolute Gasteiger partial charge is 0.339 e. The number of halogens is 1. The molecule has 1 amide bonds. The molecule has 0 spiro atoms. The summed E-state index contributed by atoms with van der Waals surface area (Å²) in [5, 5.41) is 8.77. The molecule has 0 unspecified atom stereocenters. The van der Waals surface area contributed by atoms with Crippen molar-refractivity contribution in [3.8, 4) is 6.07 Å². The molecule has 2 rings (SSSR count). The first-order valence-electron chi connectivity index (χ1n) is 7.63. The summed E-state index contributed by atoms with van der Waals surface area (Å²) < 4.78 is 13.2. The van der Waals surface area contributed by atoms with Crippen LogP contribution in [0.5, 0.6) is 0 Å². The molecule has 0 atom stereocenters. The summed E-state index contributed by atoms with van der Waals surface area (Å²) in [6.07, 6.45) is 1.03. The lowest BCUT2D eigenvalue weighted by molar-refractivity contribution is -0.131. The molecule has 0 bridgehead atoms. The van der Waals surface area contributed by atoms with Crippen molar-refractivity contribution in [1.82, 2.24) is 4.90 Å². The fourth-order valence-electron chi connectivity index (χ4n) is 2.39. The molecule has 0 aliphatic carbocycles. The van der Waals surface area contributed by atoms with Crippen molar-refractivity contribution >= 4 is 5.91 Å². The van der Waals surface area contributed by atoms with E-state index < -0.39 is 0 Å². The highest BCUT2D eigenvalue weighted by atomic mass is 19.1.